The minimum atomic E-state index is -0.127. The highest BCUT2D eigenvalue weighted by molar-refractivity contribution is 5.77. The molecule has 0 aliphatic carbocycles. The van der Waals surface area contributed by atoms with Crippen LogP contribution < -0.4 is 16.2 Å². The van der Waals surface area contributed by atoms with Gasteiger partial charge in [-0.05, 0) is 31.5 Å². The molecule has 0 atom stereocenters. The molecule has 3 N–H and O–H groups in total. The molecule has 0 spiro atoms. The van der Waals surface area contributed by atoms with Gasteiger partial charge in [-0.3, -0.25) is 9.59 Å². The zero-order chi connectivity index (χ0) is 16.8. The second-order valence-corrected chi connectivity index (χ2v) is 5.98. The number of rotatable bonds is 6. The summed E-state index contributed by atoms with van der Waals surface area (Å²) in [4.78, 5) is 31.1. The minimum Gasteiger partial charge on any atom is -0.352 e. The number of carbonyl (C=O) groups is 1. The number of para-hydroxylation sites is 1. The van der Waals surface area contributed by atoms with E-state index in [9.17, 15) is 9.59 Å². The second-order valence-electron chi connectivity index (χ2n) is 5.98. The van der Waals surface area contributed by atoms with Crippen LogP contribution in [0.3, 0.4) is 0 Å². The number of hydrogen-bond acceptors (Lipinski definition) is 4. The number of nitrogens with one attached hydrogen (secondary N) is 3. The average Bonchev–Trinajstić information content (AvgIpc) is 2.61. The van der Waals surface area contributed by atoms with Crippen LogP contribution in [0.2, 0.25) is 0 Å². The quantitative estimate of drug-likeness (QED) is 0.698. The highest BCUT2D eigenvalue weighted by atomic mass is 16.1. The van der Waals surface area contributed by atoms with Gasteiger partial charge in [0, 0.05) is 25.9 Å². The number of hydrogen-bond donors (Lipinski definition) is 3. The van der Waals surface area contributed by atoms with Crippen molar-refractivity contribution in [3.05, 3.63) is 52.1 Å². The van der Waals surface area contributed by atoms with Gasteiger partial charge in [0.1, 0.15) is 5.82 Å². The molecule has 2 aromatic rings. The van der Waals surface area contributed by atoms with Crippen molar-refractivity contribution < 1.29 is 4.79 Å². The molecule has 1 amide bonds. The van der Waals surface area contributed by atoms with Gasteiger partial charge < -0.3 is 15.6 Å². The standard InChI is InChI=1S/C18H22N4O2/c23-17(20-12-13-8-10-19-11-9-13)7-3-6-16-21-15-5-2-1-4-14(15)18(24)22-16/h1-2,4-5,8,19H,3,6-7,9-12H2,(H,20,23)(H,21,22,24). The fourth-order valence-electron chi connectivity index (χ4n) is 2.80. The predicted octanol–water partition coefficient (Wildman–Crippen LogP) is 1.28. The van der Waals surface area contributed by atoms with Gasteiger partial charge in [-0.1, -0.05) is 23.8 Å². The maximum Gasteiger partial charge on any atom is 0.258 e. The topological polar surface area (TPSA) is 86.9 Å². The molecule has 0 saturated heterocycles. The summed E-state index contributed by atoms with van der Waals surface area (Å²) < 4.78 is 0. The van der Waals surface area contributed by atoms with E-state index in [1.807, 2.05) is 18.2 Å². The molecule has 0 fully saturated rings. The number of benzene rings is 1. The van der Waals surface area contributed by atoms with Crippen molar-refractivity contribution in [2.75, 3.05) is 19.6 Å². The smallest absolute Gasteiger partial charge is 0.258 e. The van der Waals surface area contributed by atoms with Crippen LogP contribution in [0, 0.1) is 0 Å². The molecule has 0 saturated carbocycles. The normalized spacial score (nSPS) is 14.4. The fourth-order valence-corrected chi connectivity index (χ4v) is 2.80. The maximum absolute atomic E-state index is 12.0. The van der Waals surface area contributed by atoms with E-state index < -0.39 is 0 Å². The number of amides is 1. The molecule has 1 aromatic heterocycles. The third kappa shape index (κ3) is 4.29. The van der Waals surface area contributed by atoms with E-state index in [1.165, 1.54) is 5.57 Å². The Labute approximate surface area is 140 Å². The molecular weight excluding hydrogens is 304 g/mol. The zero-order valence-corrected chi connectivity index (χ0v) is 13.6. The molecule has 1 aliphatic heterocycles. The van der Waals surface area contributed by atoms with Crippen molar-refractivity contribution in [1.29, 1.82) is 0 Å². The van der Waals surface area contributed by atoms with Crippen molar-refractivity contribution in [2.45, 2.75) is 25.7 Å². The molecule has 6 nitrogen and oxygen atoms in total. The number of aromatic amines is 1. The molecule has 0 unspecified atom stereocenters. The van der Waals surface area contributed by atoms with Gasteiger partial charge >= 0.3 is 0 Å². The molecule has 6 heteroatoms. The van der Waals surface area contributed by atoms with Crippen molar-refractivity contribution in [3.63, 3.8) is 0 Å². The van der Waals surface area contributed by atoms with E-state index in [-0.39, 0.29) is 11.5 Å². The monoisotopic (exact) mass is 326 g/mol. The van der Waals surface area contributed by atoms with Crippen LogP contribution in [0.5, 0.6) is 0 Å². The summed E-state index contributed by atoms with van der Waals surface area (Å²) in [7, 11) is 0. The lowest BCUT2D eigenvalue weighted by Gasteiger charge is -2.14. The Hall–Kier alpha value is -2.47. The van der Waals surface area contributed by atoms with Gasteiger partial charge in [-0.25, -0.2) is 4.98 Å². The molecule has 0 radical (unpaired) electrons. The maximum atomic E-state index is 12.0. The lowest BCUT2D eigenvalue weighted by atomic mass is 10.1. The summed E-state index contributed by atoms with van der Waals surface area (Å²) in [5, 5.41) is 6.79. The molecule has 3 rings (SSSR count). The van der Waals surface area contributed by atoms with Crippen LogP contribution in [0.1, 0.15) is 25.1 Å². The van der Waals surface area contributed by atoms with Crippen molar-refractivity contribution in [2.24, 2.45) is 0 Å². The first-order chi connectivity index (χ1) is 11.7. The van der Waals surface area contributed by atoms with Gasteiger partial charge in [0.15, 0.2) is 0 Å². The number of aryl methyl sites for hydroxylation is 1. The lowest BCUT2D eigenvalue weighted by Crippen LogP contribution is -2.29. The molecule has 126 valence electrons. The highest BCUT2D eigenvalue weighted by Gasteiger charge is 2.07. The Bertz CT molecular complexity index is 810. The van der Waals surface area contributed by atoms with Crippen LogP contribution in [0.25, 0.3) is 10.9 Å². The third-order valence-electron chi connectivity index (χ3n) is 4.15. The zero-order valence-electron chi connectivity index (χ0n) is 13.6. The Morgan fingerprint density at radius 2 is 2.17 bits per heavy atom. The Balaban J connectivity index is 1.48. The highest BCUT2D eigenvalue weighted by Crippen LogP contribution is 2.07. The van der Waals surface area contributed by atoms with Crippen LogP contribution in [0.15, 0.2) is 40.7 Å². The number of aromatic nitrogens is 2. The van der Waals surface area contributed by atoms with Gasteiger partial charge in [0.05, 0.1) is 10.9 Å². The van der Waals surface area contributed by atoms with E-state index in [0.717, 1.165) is 19.5 Å². The molecule has 1 aliphatic rings. The average molecular weight is 326 g/mol. The summed E-state index contributed by atoms with van der Waals surface area (Å²) >= 11 is 0. The molecule has 1 aromatic carbocycles. The van der Waals surface area contributed by atoms with E-state index in [0.29, 0.717) is 42.5 Å². The van der Waals surface area contributed by atoms with Gasteiger partial charge in [-0.2, -0.15) is 0 Å². The Morgan fingerprint density at radius 3 is 3.00 bits per heavy atom. The van der Waals surface area contributed by atoms with Gasteiger partial charge in [-0.15, -0.1) is 0 Å². The van der Waals surface area contributed by atoms with E-state index in [4.69, 9.17) is 0 Å². The largest absolute Gasteiger partial charge is 0.352 e. The number of nitrogens with zero attached hydrogens (tertiary/aromatic N) is 1. The number of fused-ring (bicyclic) bond motifs is 1. The van der Waals surface area contributed by atoms with E-state index in [1.54, 1.807) is 6.07 Å². The minimum absolute atomic E-state index is 0.0394. The van der Waals surface area contributed by atoms with Crippen LogP contribution in [0.4, 0.5) is 0 Å². The molecule has 2 heterocycles. The first-order valence-corrected chi connectivity index (χ1v) is 8.35. The summed E-state index contributed by atoms with van der Waals surface area (Å²) in [6.07, 6.45) is 4.80. The summed E-state index contributed by atoms with van der Waals surface area (Å²) in [5.74, 6) is 0.671. The summed E-state index contributed by atoms with van der Waals surface area (Å²) in [6.45, 7) is 2.49. The molecule has 0 bridgehead atoms. The van der Waals surface area contributed by atoms with Crippen LogP contribution >= 0.6 is 0 Å². The van der Waals surface area contributed by atoms with Gasteiger partial charge in [0.25, 0.3) is 5.56 Å². The first-order valence-electron chi connectivity index (χ1n) is 8.35. The number of carbonyl (C=O) groups excluding carboxylic acids is 1. The van der Waals surface area contributed by atoms with E-state index >= 15 is 0 Å². The Kier molecular flexibility index (Phi) is 5.38. The van der Waals surface area contributed by atoms with Gasteiger partial charge in [0.2, 0.25) is 5.91 Å². The molecular formula is C18H22N4O2. The third-order valence-corrected chi connectivity index (χ3v) is 4.15. The number of H-pyrrole nitrogens is 1. The fraction of sp³-hybridized carbons (Fsp3) is 0.389. The van der Waals surface area contributed by atoms with Crippen molar-refractivity contribution in [1.82, 2.24) is 20.6 Å². The first kappa shape index (κ1) is 16.4. The van der Waals surface area contributed by atoms with Crippen LogP contribution in [-0.2, 0) is 11.2 Å². The summed E-state index contributed by atoms with van der Waals surface area (Å²) in [5.41, 5.74) is 1.85. The molecule has 24 heavy (non-hydrogen) atoms. The summed E-state index contributed by atoms with van der Waals surface area (Å²) in [6, 6.07) is 7.27. The SMILES string of the molecule is O=C(CCCc1nc2ccccc2c(=O)[nH]1)NCC1=CCNCC1. The van der Waals surface area contributed by atoms with Crippen molar-refractivity contribution >= 4 is 16.8 Å². The van der Waals surface area contributed by atoms with E-state index in [2.05, 4.69) is 26.7 Å². The second kappa shape index (κ2) is 7.88. The van der Waals surface area contributed by atoms with Crippen molar-refractivity contribution in [3.8, 4) is 0 Å². The predicted molar refractivity (Wildman–Crippen MR) is 93.9 cm³/mol. The Morgan fingerprint density at radius 1 is 1.29 bits per heavy atom. The van der Waals surface area contributed by atoms with Crippen LogP contribution in [-0.4, -0.2) is 35.5 Å². The lowest BCUT2D eigenvalue weighted by molar-refractivity contribution is -0.121.